The van der Waals surface area contributed by atoms with Crippen molar-refractivity contribution in [1.29, 1.82) is 0 Å². The minimum Gasteiger partial charge on any atom is -0.462 e. The highest BCUT2D eigenvalue weighted by molar-refractivity contribution is 7.89. The molecule has 1 unspecified atom stereocenters. The molecule has 1 aliphatic heterocycles. The Balaban J connectivity index is 1.92. The van der Waals surface area contributed by atoms with Crippen molar-refractivity contribution < 1.29 is 36.7 Å². The van der Waals surface area contributed by atoms with Crippen molar-refractivity contribution in [2.24, 2.45) is 0 Å². The topological polar surface area (TPSA) is 119 Å². The lowest BCUT2D eigenvalue weighted by Gasteiger charge is -2.23. The van der Waals surface area contributed by atoms with E-state index in [-0.39, 0.29) is 46.5 Å². The van der Waals surface area contributed by atoms with Crippen LogP contribution in [0.4, 0.5) is 9.39 Å². The van der Waals surface area contributed by atoms with Crippen molar-refractivity contribution in [1.82, 2.24) is 4.31 Å². The fourth-order valence-electron chi connectivity index (χ4n) is 3.67. The lowest BCUT2D eigenvalue weighted by molar-refractivity contribution is -0.119. The first-order valence-corrected chi connectivity index (χ1v) is 12.9. The molecule has 1 N–H and O–H groups in total. The Labute approximate surface area is 200 Å². The molecule has 1 aliphatic rings. The van der Waals surface area contributed by atoms with Gasteiger partial charge in [-0.15, -0.1) is 11.3 Å². The van der Waals surface area contributed by atoms with Crippen molar-refractivity contribution in [2.45, 2.75) is 44.6 Å². The molecule has 2 heterocycles. The van der Waals surface area contributed by atoms with Crippen LogP contribution < -0.4 is 5.32 Å². The summed E-state index contributed by atoms with van der Waals surface area (Å²) < 4.78 is 50.6. The van der Waals surface area contributed by atoms with Gasteiger partial charge in [-0.05, 0) is 63.4 Å². The van der Waals surface area contributed by atoms with Crippen LogP contribution in [-0.4, -0.2) is 56.4 Å². The zero-order valence-electron chi connectivity index (χ0n) is 18.9. The van der Waals surface area contributed by atoms with Crippen LogP contribution in [0, 0.1) is 12.7 Å². The normalized spacial score (nSPS) is 16.3. The fourth-order valence-corrected chi connectivity index (χ4v) is 6.42. The summed E-state index contributed by atoms with van der Waals surface area (Å²) in [6, 6.07) is 3.32. The molecule has 1 fully saturated rings. The van der Waals surface area contributed by atoms with Crippen LogP contribution in [0.15, 0.2) is 29.2 Å². The predicted molar refractivity (Wildman–Crippen MR) is 123 cm³/mol. The van der Waals surface area contributed by atoms with Crippen LogP contribution in [0.1, 0.15) is 52.3 Å². The van der Waals surface area contributed by atoms with Crippen molar-refractivity contribution in [3.63, 3.8) is 0 Å². The van der Waals surface area contributed by atoms with E-state index in [0.29, 0.717) is 12.0 Å². The molecule has 1 aromatic heterocycles. The summed E-state index contributed by atoms with van der Waals surface area (Å²) in [5.41, 5.74) is 0.327. The highest BCUT2D eigenvalue weighted by Gasteiger charge is 2.40. The number of sulfonamides is 1. The number of benzene rings is 1. The number of carbonyl (C=O) groups excluding carboxylic acids is 3. The summed E-state index contributed by atoms with van der Waals surface area (Å²) in [6.07, 6.45) is 0.705. The molecule has 1 atom stereocenters. The van der Waals surface area contributed by atoms with Crippen LogP contribution in [0.2, 0.25) is 0 Å². The zero-order chi connectivity index (χ0) is 25.0. The lowest BCUT2D eigenvalue weighted by atomic mass is 10.1. The highest BCUT2D eigenvalue weighted by Crippen LogP contribution is 2.35. The number of nitrogens with zero attached hydrogens (tertiary/aromatic N) is 1. The number of thiophene rings is 1. The van der Waals surface area contributed by atoms with Crippen LogP contribution in [0.3, 0.4) is 0 Å². The average Bonchev–Trinajstić information content (AvgIpc) is 3.40. The smallest absolute Gasteiger partial charge is 0.348 e. The van der Waals surface area contributed by atoms with Crippen molar-refractivity contribution >= 4 is 44.2 Å². The van der Waals surface area contributed by atoms with Crippen LogP contribution in [0.25, 0.3) is 0 Å². The van der Waals surface area contributed by atoms with E-state index in [1.165, 1.54) is 0 Å². The first-order chi connectivity index (χ1) is 16.1. The van der Waals surface area contributed by atoms with Gasteiger partial charge in [-0.1, -0.05) is 0 Å². The maximum Gasteiger partial charge on any atom is 0.348 e. The summed E-state index contributed by atoms with van der Waals surface area (Å²) in [6.45, 7) is 5.14. The summed E-state index contributed by atoms with van der Waals surface area (Å²) >= 11 is 0.865. The monoisotopic (exact) mass is 512 g/mol. The quantitative estimate of drug-likeness (QED) is 0.539. The van der Waals surface area contributed by atoms with Gasteiger partial charge < -0.3 is 14.8 Å². The second-order valence-electron chi connectivity index (χ2n) is 7.42. The Morgan fingerprint density at radius 2 is 1.74 bits per heavy atom. The van der Waals surface area contributed by atoms with Gasteiger partial charge in [0, 0.05) is 6.54 Å². The van der Waals surface area contributed by atoms with Crippen LogP contribution >= 0.6 is 11.3 Å². The number of hydrogen-bond donors (Lipinski definition) is 1. The van der Waals surface area contributed by atoms with E-state index < -0.39 is 39.7 Å². The molecule has 3 rings (SSSR count). The molecular formula is C22H25FN2O7S2. The molecular weight excluding hydrogens is 487 g/mol. The SMILES string of the molecule is CCOC(=O)c1sc(NC(=O)C2CCCN2S(=O)(=O)c2ccc(F)cc2)c(C(=O)OCC)c1C. The standard InChI is InChI=1S/C22H25FN2O7S2/c1-4-31-21(27)17-13(3)18(22(28)32-5-2)33-20(17)24-19(26)16-7-6-12-25(16)34(29,30)15-10-8-14(23)9-11-15/h8-11,16H,4-7,12H2,1-3H3,(H,24,26). The Hall–Kier alpha value is -2.83. The van der Waals surface area contributed by atoms with Crippen LogP contribution in [-0.2, 0) is 24.3 Å². The van der Waals surface area contributed by atoms with Crippen molar-refractivity contribution in [3.05, 3.63) is 46.1 Å². The molecule has 34 heavy (non-hydrogen) atoms. The first-order valence-electron chi connectivity index (χ1n) is 10.7. The third-order valence-corrected chi connectivity index (χ3v) is 8.36. The molecule has 0 bridgehead atoms. The van der Waals surface area contributed by atoms with E-state index in [2.05, 4.69) is 5.32 Å². The molecule has 9 nitrogen and oxygen atoms in total. The average molecular weight is 513 g/mol. The third-order valence-electron chi connectivity index (χ3n) is 5.25. The minimum absolute atomic E-state index is 0.0224. The summed E-state index contributed by atoms with van der Waals surface area (Å²) in [5.74, 6) is -2.58. The number of amides is 1. The van der Waals surface area contributed by atoms with E-state index in [4.69, 9.17) is 9.47 Å². The molecule has 1 aromatic carbocycles. The minimum atomic E-state index is -4.06. The fraction of sp³-hybridized carbons (Fsp3) is 0.409. The molecule has 184 valence electrons. The Morgan fingerprint density at radius 3 is 2.35 bits per heavy atom. The number of hydrogen-bond acceptors (Lipinski definition) is 8. The van der Waals surface area contributed by atoms with Gasteiger partial charge in [0.2, 0.25) is 15.9 Å². The second-order valence-corrected chi connectivity index (χ2v) is 10.3. The molecule has 12 heteroatoms. The van der Waals surface area contributed by atoms with Gasteiger partial charge >= 0.3 is 11.9 Å². The maximum absolute atomic E-state index is 13.3. The Morgan fingerprint density at radius 1 is 1.12 bits per heavy atom. The van der Waals surface area contributed by atoms with E-state index in [9.17, 15) is 27.2 Å². The van der Waals surface area contributed by atoms with Gasteiger partial charge in [0.25, 0.3) is 0 Å². The van der Waals surface area contributed by atoms with E-state index in [1.54, 1.807) is 20.8 Å². The van der Waals surface area contributed by atoms with Crippen LogP contribution in [0.5, 0.6) is 0 Å². The number of ether oxygens (including phenoxy) is 2. The van der Waals surface area contributed by atoms with E-state index in [0.717, 1.165) is 39.9 Å². The Bertz CT molecular complexity index is 1190. The number of esters is 2. The molecule has 2 aromatic rings. The largest absolute Gasteiger partial charge is 0.462 e. The van der Waals surface area contributed by atoms with Gasteiger partial charge in [-0.2, -0.15) is 4.31 Å². The summed E-state index contributed by atoms with van der Waals surface area (Å²) in [7, 11) is -4.06. The number of rotatable bonds is 8. The van der Waals surface area contributed by atoms with Crippen molar-refractivity contribution in [3.8, 4) is 0 Å². The van der Waals surface area contributed by atoms with E-state index in [1.807, 2.05) is 0 Å². The number of nitrogens with one attached hydrogen (secondary N) is 1. The second kappa shape index (κ2) is 10.6. The maximum atomic E-state index is 13.3. The molecule has 0 radical (unpaired) electrons. The Kier molecular flexibility index (Phi) is 8.05. The summed E-state index contributed by atoms with van der Waals surface area (Å²) in [5, 5.41) is 2.70. The van der Waals surface area contributed by atoms with Crippen molar-refractivity contribution in [2.75, 3.05) is 25.1 Å². The number of anilines is 1. The number of halogens is 1. The summed E-state index contributed by atoms with van der Waals surface area (Å²) in [4.78, 5) is 38.1. The third kappa shape index (κ3) is 5.13. The number of carbonyl (C=O) groups is 3. The zero-order valence-corrected chi connectivity index (χ0v) is 20.6. The van der Waals surface area contributed by atoms with E-state index >= 15 is 0 Å². The van der Waals surface area contributed by atoms with Gasteiger partial charge in [0.15, 0.2) is 0 Å². The first kappa shape index (κ1) is 25.8. The van der Waals surface area contributed by atoms with Gasteiger partial charge in [0.1, 0.15) is 21.7 Å². The van der Waals surface area contributed by atoms with Gasteiger partial charge in [-0.3, -0.25) is 4.79 Å². The van der Waals surface area contributed by atoms with Gasteiger partial charge in [0.05, 0.1) is 23.7 Å². The highest BCUT2D eigenvalue weighted by atomic mass is 32.2. The van der Waals surface area contributed by atoms with Gasteiger partial charge in [-0.25, -0.2) is 22.4 Å². The lowest BCUT2D eigenvalue weighted by Crippen LogP contribution is -2.43. The molecule has 0 spiro atoms. The molecule has 1 amide bonds. The molecule has 1 saturated heterocycles. The molecule has 0 aliphatic carbocycles. The molecule has 0 saturated carbocycles. The predicted octanol–water partition coefficient (Wildman–Crippen LogP) is 3.34.